The summed E-state index contributed by atoms with van der Waals surface area (Å²) in [5, 5.41) is 3.94. The van der Waals surface area contributed by atoms with Crippen molar-refractivity contribution in [2.75, 3.05) is 0 Å². The number of rotatable bonds is 3. The third-order valence-electron chi connectivity index (χ3n) is 7.92. The van der Waals surface area contributed by atoms with Crippen LogP contribution in [0, 0.1) is 0 Å². The predicted octanol–water partition coefficient (Wildman–Crippen LogP) is 11.1. The van der Waals surface area contributed by atoms with Crippen LogP contribution < -0.4 is 0 Å². The third kappa shape index (κ3) is 3.65. The van der Waals surface area contributed by atoms with E-state index in [2.05, 4.69) is 142 Å². The molecular weight excluding hydrogens is 558 g/mol. The molecular formula is C36H24BrNS. The molecule has 0 saturated carbocycles. The van der Waals surface area contributed by atoms with E-state index >= 15 is 0 Å². The zero-order valence-electron chi connectivity index (χ0n) is 21.2. The Morgan fingerprint density at radius 2 is 1.44 bits per heavy atom. The molecule has 5 aromatic carbocycles. The van der Waals surface area contributed by atoms with E-state index in [1.165, 1.54) is 70.3 Å². The molecule has 2 heterocycles. The minimum Gasteiger partial charge on any atom is -0.309 e. The largest absolute Gasteiger partial charge is 0.309 e. The van der Waals surface area contributed by atoms with Gasteiger partial charge in [0.2, 0.25) is 0 Å². The van der Waals surface area contributed by atoms with Gasteiger partial charge in [-0.3, -0.25) is 0 Å². The molecule has 8 rings (SSSR count). The Morgan fingerprint density at radius 1 is 0.667 bits per heavy atom. The average Bonchev–Trinajstić information content (AvgIpc) is 3.53. The first-order chi connectivity index (χ1) is 19.3. The predicted molar refractivity (Wildman–Crippen MR) is 172 cm³/mol. The van der Waals surface area contributed by atoms with Gasteiger partial charge in [0.15, 0.2) is 0 Å². The Labute approximate surface area is 239 Å². The van der Waals surface area contributed by atoms with E-state index in [0.29, 0.717) is 0 Å². The summed E-state index contributed by atoms with van der Waals surface area (Å²) in [7, 11) is 0. The van der Waals surface area contributed by atoms with Crippen molar-refractivity contribution in [1.29, 1.82) is 0 Å². The minimum atomic E-state index is 1.09. The first-order valence-electron chi connectivity index (χ1n) is 13.4. The highest BCUT2D eigenvalue weighted by Crippen LogP contribution is 2.43. The highest BCUT2D eigenvalue weighted by molar-refractivity contribution is 9.10. The molecule has 1 aliphatic carbocycles. The van der Waals surface area contributed by atoms with Gasteiger partial charge in [0, 0.05) is 30.2 Å². The number of thiophene rings is 1. The number of hydrogen-bond donors (Lipinski definition) is 0. The molecule has 0 saturated heterocycles. The topological polar surface area (TPSA) is 4.93 Å². The average molecular weight is 583 g/mol. The first kappa shape index (κ1) is 23.0. The van der Waals surface area contributed by atoms with Crippen LogP contribution in [0.3, 0.4) is 0 Å². The summed E-state index contributed by atoms with van der Waals surface area (Å²) in [6, 6.07) is 39.9. The van der Waals surface area contributed by atoms with Crippen LogP contribution in [0.25, 0.3) is 65.9 Å². The maximum atomic E-state index is 3.66. The quantitative estimate of drug-likeness (QED) is 0.195. The van der Waals surface area contributed by atoms with E-state index in [1.807, 2.05) is 11.3 Å². The van der Waals surface area contributed by atoms with E-state index in [9.17, 15) is 0 Å². The van der Waals surface area contributed by atoms with Crippen molar-refractivity contribution in [2.45, 2.75) is 12.8 Å². The lowest BCUT2D eigenvalue weighted by Crippen LogP contribution is -1.96. The van der Waals surface area contributed by atoms with Crippen LogP contribution in [-0.4, -0.2) is 4.57 Å². The summed E-state index contributed by atoms with van der Waals surface area (Å²) >= 11 is 5.62. The molecule has 0 bridgehead atoms. The lowest BCUT2D eigenvalue weighted by atomic mass is 9.94. The van der Waals surface area contributed by atoms with E-state index in [1.54, 1.807) is 0 Å². The molecule has 39 heavy (non-hydrogen) atoms. The Kier molecular flexibility index (Phi) is 5.36. The van der Waals surface area contributed by atoms with Crippen LogP contribution in [-0.2, 0) is 6.42 Å². The van der Waals surface area contributed by atoms with Gasteiger partial charge >= 0.3 is 0 Å². The molecule has 2 aromatic heterocycles. The summed E-state index contributed by atoms with van der Waals surface area (Å²) in [6.07, 6.45) is 6.93. The van der Waals surface area contributed by atoms with Crippen LogP contribution in [0.2, 0.25) is 0 Å². The number of halogens is 1. The van der Waals surface area contributed by atoms with Crippen LogP contribution in [0.4, 0.5) is 0 Å². The number of aromatic nitrogens is 1. The first-order valence-corrected chi connectivity index (χ1v) is 15.0. The zero-order chi connectivity index (χ0) is 25.9. The van der Waals surface area contributed by atoms with Gasteiger partial charge in [0.25, 0.3) is 0 Å². The standard InChI is InChI=1S/C36H24BrNS/c37-25-10-7-9-23(21-25)26-11-1-2-12-27(26)24-19-20-29-28-13-3-5-15-31(28)38(33(29)22-24)32-16-8-18-35-36(32)30-14-4-6-17-34(30)39-35/h1-5,7-16,18-22H,6,17H2. The molecule has 0 unspecified atom stereocenters. The maximum Gasteiger partial charge on any atom is 0.0555 e. The molecule has 1 nitrogen and oxygen atoms in total. The van der Waals surface area contributed by atoms with Crippen molar-refractivity contribution in [3.05, 3.63) is 130 Å². The highest BCUT2D eigenvalue weighted by Gasteiger charge is 2.20. The molecule has 1 aliphatic rings. The maximum absolute atomic E-state index is 3.66. The smallest absolute Gasteiger partial charge is 0.0555 e. The molecule has 0 aliphatic heterocycles. The van der Waals surface area contributed by atoms with Gasteiger partial charge in [0.05, 0.1) is 16.7 Å². The van der Waals surface area contributed by atoms with Gasteiger partial charge in [-0.1, -0.05) is 101 Å². The van der Waals surface area contributed by atoms with Gasteiger partial charge in [-0.2, -0.15) is 0 Å². The molecule has 0 spiro atoms. The van der Waals surface area contributed by atoms with Gasteiger partial charge in [-0.25, -0.2) is 0 Å². The summed E-state index contributed by atoms with van der Waals surface area (Å²) in [5.74, 6) is 0. The SMILES string of the molecule is Brc1cccc(-c2ccccc2-c2ccc3c4ccccc4n(-c4cccc5sc6c(c45)C=CCC6)c3c2)c1. The summed E-state index contributed by atoms with van der Waals surface area (Å²) < 4.78 is 4.95. The third-order valence-corrected chi connectivity index (χ3v) is 9.64. The molecule has 7 aromatic rings. The van der Waals surface area contributed by atoms with E-state index in [0.717, 1.165) is 17.3 Å². The number of para-hydroxylation sites is 1. The fourth-order valence-electron chi connectivity index (χ4n) is 6.21. The van der Waals surface area contributed by atoms with Crippen LogP contribution in [0.15, 0.2) is 120 Å². The Balaban J connectivity index is 1.43. The van der Waals surface area contributed by atoms with E-state index in [-0.39, 0.29) is 0 Å². The molecule has 3 heteroatoms. The summed E-state index contributed by atoms with van der Waals surface area (Å²) in [5.41, 5.74) is 10.1. The highest BCUT2D eigenvalue weighted by atomic mass is 79.9. The van der Waals surface area contributed by atoms with Crippen molar-refractivity contribution in [1.82, 2.24) is 4.57 Å². The van der Waals surface area contributed by atoms with Crippen molar-refractivity contribution in [3.8, 4) is 27.9 Å². The lowest BCUT2D eigenvalue weighted by Gasteiger charge is -2.14. The van der Waals surface area contributed by atoms with Crippen molar-refractivity contribution < 1.29 is 0 Å². The molecule has 0 radical (unpaired) electrons. The summed E-state index contributed by atoms with van der Waals surface area (Å²) in [4.78, 5) is 1.50. The number of allylic oxidation sites excluding steroid dienone is 1. The number of hydrogen-bond acceptors (Lipinski definition) is 1. The van der Waals surface area contributed by atoms with Crippen molar-refractivity contribution in [2.24, 2.45) is 0 Å². The van der Waals surface area contributed by atoms with Gasteiger partial charge in [-0.05, 0) is 77.1 Å². The number of benzene rings is 5. The van der Waals surface area contributed by atoms with Crippen molar-refractivity contribution >= 4 is 65.2 Å². The molecule has 0 amide bonds. The van der Waals surface area contributed by atoms with Crippen LogP contribution in [0.1, 0.15) is 16.9 Å². The lowest BCUT2D eigenvalue weighted by molar-refractivity contribution is 1.01. The fourth-order valence-corrected chi connectivity index (χ4v) is 7.83. The van der Waals surface area contributed by atoms with Gasteiger partial charge in [0.1, 0.15) is 0 Å². The second-order valence-electron chi connectivity index (χ2n) is 10.2. The van der Waals surface area contributed by atoms with Gasteiger partial charge < -0.3 is 4.57 Å². The second-order valence-corrected chi connectivity index (χ2v) is 12.2. The van der Waals surface area contributed by atoms with Crippen LogP contribution >= 0.6 is 27.3 Å². The molecule has 0 N–H and O–H groups in total. The summed E-state index contributed by atoms with van der Waals surface area (Å²) in [6.45, 7) is 0. The monoisotopic (exact) mass is 581 g/mol. The molecule has 0 fully saturated rings. The fraction of sp³-hybridized carbons (Fsp3) is 0.0556. The zero-order valence-corrected chi connectivity index (χ0v) is 23.6. The van der Waals surface area contributed by atoms with Gasteiger partial charge in [-0.15, -0.1) is 11.3 Å². The Hall–Kier alpha value is -3.92. The van der Waals surface area contributed by atoms with Crippen LogP contribution in [0.5, 0.6) is 0 Å². The normalized spacial score (nSPS) is 12.9. The molecule has 0 atom stereocenters. The number of aryl methyl sites for hydroxylation is 1. The minimum absolute atomic E-state index is 1.09. The Morgan fingerprint density at radius 3 is 2.31 bits per heavy atom. The van der Waals surface area contributed by atoms with E-state index < -0.39 is 0 Å². The second kappa shape index (κ2) is 9.08. The number of nitrogens with zero attached hydrogens (tertiary/aromatic N) is 1. The Bertz CT molecular complexity index is 2090. The number of fused-ring (bicyclic) bond motifs is 6. The molecule has 186 valence electrons. The van der Waals surface area contributed by atoms with E-state index in [4.69, 9.17) is 0 Å². The van der Waals surface area contributed by atoms with Crippen molar-refractivity contribution in [3.63, 3.8) is 0 Å².